The molecule has 100 valence electrons. The van der Waals surface area contributed by atoms with E-state index in [4.69, 9.17) is 14.8 Å². The molecule has 1 aromatic heterocycles. The van der Waals surface area contributed by atoms with Crippen molar-refractivity contribution in [3.05, 3.63) is 0 Å². The van der Waals surface area contributed by atoms with E-state index in [1.54, 1.807) is 0 Å². The summed E-state index contributed by atoms with van der Waals surface area (Å²) < 4.78 is 35.5. The molecule has 0 fully saturated rings. The molecule has 0 aliphatic carbocycles. The van der Waals surface area contributed by atoms with Gasteiger partial charge in [0.15, 0.2) is 9.59 Å². The normalized spacial score (nSPS) is 13.2. The maximum Gasteiger partial charge on any atom is 0.323 e. The van der Waals surface area contributed by atoms with Gasteiger partial charge in [-0.1, -0.05) is 0 Å². The summed E-state index contributed by atoms with van der Waals surface area (Å²) >= 11 is 0.713. The zero-order valence-electron chi connectivity index (χ0n) is 8.38. The number of aromatic nitrogens is 2. The molecule has 1 rings (SSSR count). The van der Waals surface area contributed by atoms with Crippen molar-refractivity contribution >= 4 is 45.4 Å². The van der Waals surface area contributed by atoms with Gasteiger partial charge in [0.2, 0.25) is 9.84 Å². The predicted octanol–water partition coefficient (Wildman–Crippen LogP) is -0.195. The zero-order chi connectivity index (χ0) is 13.9. The SMILES string of the molecule is O=C(O)CC(C(=O)O)S(=O)(=O)c1nsc(SO)n1. The van der Waals surface area contributed by atoms with E-state index in [1.807, 2.05) is 0 Å². The first kappa shape index (κ1) is 14.8. The Bertz CT molecular complexity index is 565. The zero-order valence-corrected chi connectivity index (χ0v) is 10.8. The van der Waals surface area contributed by atoms with Crippen LogP contribution in [0, 0.1) is 0 Å². The van der Waals surface area contributed by atoms with Crippen LogP contribution in [0.2, 0.25) is 0 Å². The molecule has 0 radical (unpaired) electrons. The summed E-state index contributed by atoms with van der Waals surface area (Å²) in [7, 11) is -4.50. The highest BCUT2D eigenvalue weighted by Gasteiger charge is 2.38. The van der Waals surface area contributed by atoms with Crippen LogP contribution in [0.5, 0.6) is 0 Å². The summed E-state index contributed by atoms with van der Waals surface area (Å²) in [4.78, 5) is 24.6. The second-order valence-corrected chi connectivity index (χ2v) is 6.51. The Hall–Kier alpha value is -1.24. The molecular formula is C6H6N2O7S3. The van der Waals surface area contributed by atoms with Crippen LogP contribution in [0.4, 0.5) is 0 Å². The number of hydrogen-bond acceptors (Lipinski definition) is 9. The van der Waals surface area contributed by atoms with Gasteiger partial charge in [-0.2, -0.15) is 9.36 Å². The first-order valence-corrected chi connectivity index (χ1v) is 7.22. The van der Waals surface area contributed by atoms with E-state index in [0.29, 0.717) is 11.5 Å². The van der Waals surface area contributed by atoms with Gasteiger partial charge in [0.05, 0.1) is 18.5 Å². The summed E-state index contributed by atoms with van der Waals surface area (Å²) in [6, 6.07) is 0. The number of carboxylic acids is 2. The maximum atomic E-state index is 11.8. The van der Waals surface area contributed by atoms with Crippen LogP contribution in [0.25, 0.3) is 0 Å². The van der Waals surface area contributed by atoms with E-state index in [0.717, 1.165) is 0 Å². The molecule has 18 heavy (non-hydrogen) atoms. The van der Waals surface area contributed by atoms with Gasteiger partial charge in [-0.25, -0.2) is 8.42 Å². The molecule has 3 N–H and O–H groups in total. The van der Waals surface area contributed by atoms with Crippen molar-refractivity contribution in [2.45, 2.75) is 21.2 Å². The number of aliphatic carboxylic acids is 2. The second kappa shape index (κ2) is 5.60. The lowest BCUT2D eigenvalue weighted by molar-refractivity contribution is -0.143. The third-order valence-corrected chi connectivity index (χ3v) is 4.86. The molecule has 1 heterocycles. The molecule has 0 saturated heterocycles. The van der Waals surface area contributed by atoms with Crippen molar-refractivity contribution in [3.63, 3.8) is 0 Å². The Morgan fingerprint density at radius 2 is 2.00 bits per heavy atom. The molecule has 0 spiro atoms. The molecule has 0 aliphatic rings. The molecule has 9 nitrogen and oxygen atoms in total. The third-order valence-electron chi connectivity index (χ3n) is 1.73. The highest BCUT2D eigenvalue weighted by molar-refractivity contribution is 7.95. The van der Waals surface area contributed by atoms with Crippen LogP contribution in [0.15, 0.2) is 9.50 Å². The van der Waals surface area contributed by atoms with E-state index in [1.165, 1.54) is 0 Å². The first-order chi connectivity index (χ1) is 8.28. The van der Waals surface area contributed by atoms with Crippen molar-refractivity contribution in [1.29, 1.82) is 0 Å². The van der Waals surface area contributed by atoms with Crippen LogP contribution >= 0.6 is 23.6 Å². The summed E-state index contributed by atoms with van der Waals surface area (Å²) in [5, 5.41) is 14.2. The smallest absolute Gasteiger partial charge is 0.323 e. The van der Waals surface area contributed by atoms with Gasteiger partial charge in [-0.3, -0.25) is 9.59 Å². The number of nitrogens with zero attached hydrogens (tertiary/aromatic N) is 2. The maximum absolute atomic E-state index is 11.8. The fourth-order valence-corrected chi connectivity index (χ4v) is 3.41. The van der Waals surface area contributed by atoms with Crippen molar-refractivity contribution in [1.82, 2.24) is 9.36 Å². The lowest BCUT2D eigenvalue weighted by atomic mass is 10.3. The van der Waals surface area contributed by atoms with E-state index in [2.05, 4.69) is 9.36 Å². The topological polar surface area (TPSA) is 155 Å². The monoisotopic (exact) mass is 314 g/mol. The van der Waals surface area contributed by atoms with E-state index in [9.17, 15) is 18.0 Å². The summed E-state index contributed by atoms with van der Waals surface area (Å²) in [6.45, 7) is 0. The van der Waals surface area contributed by atoms with Crippen LogP contribution < -0.4 is 0 Å². The number of sulfone groups is 1. The number of carboxylic acid groups (broad SMARTS) is 2. The van der Waals surface area contributed by atoms with Crippen LogP contribution in [0.3, 0.4) is 0 Å². The Morgan fingerprint density at radius 3 is 2.39 bits per heavy atom. The van der Waals surface area contributed by atoms with Gasteiger partial charge in [0.25, 0.3) is 5.16 Å². The molecule has 0 saturated carbocycles. The Morgan fingerprint density at radius 1 is 1.39 bits per heavy atom. The van der Waals surface area contributed by atoms with Crippen molar-refractivity contribution < 1.29 is 32.8 Å². The molecule has 0 bridgehead atoms. The Labute approximate surface area is 109 Å². The van der Waals surface area contributed by atoms with Gasteiger partial charge in [-0.05, 0) is 11.5 Å². The highest BCUT2D eigenvalue weighted by Crippen LogP contribution is 2.22. The van der Waals surface area contributed by atoms with E-state index >= 15 is 0 Å². The van der Waals surface area contributed by atoms with Gasteiger partial charge in [-0.15, -0.1) is 0 Å². The lowest BCUT2D eigenvalue weighted by Gasteiger charge is -2.07. The van der Waals surface area contributed by atoms with Crippen molar-refractivity contribution in [2.24, 2.45) is 0 Å². The fourth-order valence-electron chi connectivity index (χ4n) is 0.965. The predicted molar refractivity (Wildman–Crippen MR) is 59.3 cm³/mol. The first-order valence-electron chi connectivity index (χ1n) is 4.12. The molecule has 1 atom stereocenters. The quantitative estimate of drug-likeness (QED) is 0.601. The van der Waals surface area contributed by atoms with Crippen LogP contribution in [-0.4, -0.2) is 49.7 Å². The Kier molecular flexibility index (Phi) is 4.61. The van der Waals surface area contributed by atoms with Crippen molar-refractivity contribution in [2.75, 3.05) is 0 Å². The van der Waals surface area contributed by atoms with E-state index < -0.39 is 38.6 Å². The second-order valence-electron chi connectivity index (χ2n) is 2.90. The third kappa shape index (κ3) is 3.16. The van der Waals surface area contributed by atoms with Gasteiger partial charge < -0.3 is 14.8 Å². The molecule has 0 aliphatic heterocycles. The standard InChI is InChI=1S/C6H6N2O7S3/c9-3(10)1-2(4(11)12)18(14,15)5-7-6(17-13)16-8-5/h2,13H,1H2,(H,9,10)(H,11,12). The highest BCUT2D eigenvalue weighted by atomic mass is 32.2. The molecule has 0 amide bonds. The Balaban J connectivity index is 3.16. The number of rotatable bonds is 6. The van der Waals surface area contributed by atoms with Crippen LogP contribution in [0.1, 0.15) is 6.42 Å². The van der Waals surface area contributed by atoms with Crippen LogP contribution in [-0.2, 0) is 19.4 Å². The summed E-state index contributed by atoms with van der Waals surface area (Å²) in [5.74, 6) is -3.37. The largest absolute Gasteiger partial charge is 0.481 e. The minimum absolute atomic E-state index is 0.0898. The molecule has 1 unspecified atom stereocenters. The average Bonchev–Trinajstić information content (AvgIpc) is 2.74. The molecule has 0 aromatic carbocycles. The minimum Gasteiger partial charge on any atom is -0.481 e. The average molecular weight is 314 g/mol. The number of carbonyl (C=O) groups is 2. The molecule has 12 heteroatoms. The van der Waals surface area contributed by atoms with E-state index in [-0.39, 0.29) is 16.4 Å². The fraction of sp³-hybridized carbons (Fsp3) is 0.333. The van der Waals surface area contributed by atoms with Crippen molar-refractivity contribution in [3.8, 4) is 0 Å². The summed E-state index contributed by atoms with van der Waals surface area (Å²) in [6.07, 6.45) is -1.10. The minimum atomic E-state index is -4.50. The van der Waals surface area contributed by atoms with Gasteiger partial charge >= 0.3 is 11.9 Å². The lowest BCUT2D eigenvalue weighted by Crippen LogP contribution is -2.33. The molecular weight excluding hydrogens is 308 g/mol. The molecule has 1 aromatic rings. The summed E-state index contributed by atoms with van der Waals surface area (Å²) in [5.41, 5.74) is 0. The number of hydrogen-bond donors (Lipinski definition) is 3. The van der Waals surface area contributed by atoms with Gasteiger partial charge in [0, 0.05) is 0 Å². The van der Waals surface area contributed by atoms with Gasteiger partial charge in [0.1, 0.15) is 0 Å².